The Labute approximate surface area is 591 Å². The van der Waals surface area contributed by atoms with E-state index < -0.39 is 23.9 Å². The molecule has 0 radical (unpaired) electrons. The third kappa shape index (κ3) is 17.6. The van der Waals surface area contributed by atoms with Crippen LogP contribution in [-0.4, -0.2) is 209 Å². The molecule has 28 heteroatoms. The fourth-order valence-electron chi connectivity index (χ4n) is 13.2. The fraction of sp³-hybridized carbons (Fsp3) is 0.405. The summed E-state index contributed by atoms with van der Waals surface area (Å²) in [5.74, 6) is -2.00. The van der Waals surface area contributed by atoms with E-state index >= 15 is 0 Å². The molecule has 28 nitrogen and oxygen atoms in total. The Morgan fingerprint density at radius 2 is 0.784 bits per heavy atom. The van der Waals surface area contributed by atoms with E-state index in [1.165, 1.54) is 63.3 Å². The van der Waals surface area contributed by atoms with Gasteiger partial charge in [0.2, 0.25) is 23.6 Å². The number of methoxy groups -OCH3 is 2. The van der Waals surface area contributed by atoms with Gasteiger partial charge in [-0.15, -0.1) is 0 Å². The van der Waals surface area contributed by atoms with Gasteiger partial charge >= 0.3 is 23.9 Å². The first-order chi connectivity index (χ1) is 49.1. The number of piperidine rings is 4. The van der Waals surface area contributed by atoms with Gasteiger partial charge in [0, 0.05) is 146 Å². The van der Waals surface area contributed by atoms with Crippen molar-refractivity contribution in [2.75, 3.05) is 74.8 Å². The van der Waals surface area contributed by atoms with Gasteiger partial charge in [-0.25, -0.2) is 39.1 Å². The average molecular weight is 1400 g/mol. The van der Waals surface area contributed by atoms with E-state index in [1.807, 2.05) is 73.6 Å². The van der Waals surface area contributed by atoms with Crippen LogP contribution in [0, 0.1) is 0 Å². The van der Waals surface area contributed by atoms with Crippen LogP contribution in [0.25, 0.3) is 44.1 Å². The van der Waals surface area contributed by atoms with E-state index in [9.17, 15) is 38.4 Å². The van der Waals surface area contributed by atoms with Crippen LogP contribution in [0.3, 0.4) is 0 Å². The molecule has 102 heavy (non-hydrogen) atoms. The van der Waals surface area contributed by atoms with Gasteiger partial charge in [-0.2, -0.15) is 0 Å². The van der Waals surface area contributed by atoms with Gasteiger partial charge in [-0.3, -0.25) is 19.2 Å². The Hall–Kier alpha value is -11.3. The number of likely N-dealkylation sites (tertiary alicyclic amines) is 4. The van der Waals surface area contributed by atoms with E-state index in [-0.39, 0.29) is 72.0 Å². The maximum atomic E-state index is 12.6. The molecular weight excluding hydrogens is 1300 g/mol. The predicted octanol–water partition coefficient (Wildman–Crippen LogP) is 10.1. The largest absolute Gasteiger partial charge is 0.465 e. The van der Waals surface area contributed by atoms with Gasteiger partial charge in [0.05, 0.1) is 49.7 Å². The molecule has 540 valence electrons. The minimum absolute atomic E-state index is 0.0243. The molecule has 0 spiro atoms. The highest BCUT2D eigenvalue weighted by Crippen LogP contribution is 2.34. The first kappa shape index (κ1) is 74.9. The monoisotopic (exact) mass is 1400 g/mol. The lowest BCUT2D eigenvalue weighted by Gasteiger charge is -2.38. The third-order valence-electron chi connectivity index (χ3n) is 18.5. The predicted molar refractivity (Wildman–Crippen MR) is 391 cm³/mol. The van der Waals surface area contributed by atoms with Crippen LogP contribution in [0.5, 0.6) is 0 Å². The maximum Gasteiger partial charge on any atom is 0.342 e. The summed E-state index contributed by atoms with van der Waals surface area (Å²) < 4.78 is 20.3. The first-order valence-electron chi connectivity index (χ1n) is 34.3. The van der Waals surface area contributed by atoms with Gasteiger partial charge < -0.3 is 79.8 Å². The summed E-state index contributed by atoms with van der Waals surface area (Å²) in [6.45, 7) is 29.1. The number of ether oxygens (including phenoxy) is 4. The van der Waals surface area contributed by atoms with E-state index in [0.29, 0.717) is 100 Å². The van der Waals surface area contributed by atoms with Crippen LogP contribution < -0.4 is 21.3 Å². The van der Waals surface area contributed by atoms with Crippen molar-refractivity contribution < 1.29 is 57.3 Å². The summed E-state index contributed by atoms with van der Waals surface area (Å²) in [6.07, 6.45) is 25.5. The number of hydrogen-bond donors (Lipinski definition) is 8. The van der Waals surface area contributed by atoms with Crippen molar-refractivity contribution in [1.29, 1.82) is 0 Å². The SMILES string of the molecule is C=CC(=O)N1CCC[C@@H](Nc2c(C(=O)OC)cnc3[nH]ccc23)C1.C=CC(=O)N1C[C@H](Nc2c(C(=O)OC(C)C)cnc3[nH]ccc23)CC[C@@H]1C.C=CC(=O)N1C[C@H](Nc2c(C(=O)OC)cnc3[nH]ccc23)CC[C@@H]1C.C=CC(=O)N1C[C@H](Nc2c(C(=O)OCC)cnc3[nH]ccc23)CC[C@@H]1C. The number of carbonyl (C=O) groups excluding carboxylic acids is 8. The Morgan fingerprint density at radius 1 is 0.471 bits per heavy atom. The van der Waals surface area contributed by atoms with Crippen molar-refractivity contribution >= 4 is 114 Å². The van der Waals surface area contributed by atoms with E-state index in [1.54, 1.807) is 36.6 Å². The lowest BCUT2D eigenvalue weighted by Crippen LogP contribution is -2.49. The first-order valence-corrected chi connectivity index (χ1v) is 34.3. The molecule has 0 unspecified atom stereocenters. The Morgan fingerprint density at radius 3 is 1.09 bits per heavy atom. The number of nitrogens with one attached hydrogen (secondary N) is 8. The van der Waals surface area contributed by atoms with Gasteiger partial charge in [-0.05, 0) is 141 Å². The number of amides is 4. The van der Waals surface area contributed by atoms with Crippen LogP contribution in [0.15, 0.2) is 124 Å². The van der Waals surface area contributed by atoms with Crippen LogP contribution in [0.1, 0.15) is 134 Å². The van der Waals surface area contributed by atoms with E-state index in [0.717, 1.165) is 79.5 Å². The normalized spacial score (nSPS) is 19.5. The highest BCUT2D eigenvalue weighted by Gasteiger charge is 2.34. The standard InChI is InChI=1S/C20H26N4O3.C19H24N4O3.C18H22N4O3.C17H20N4O3/c1-5-17(25)24-11-14(7-6-13(24)4)23-18-15-8-9-21-19(15)22-10-16(18)20(26)27-12(2)3;1-4-16(24)23-11-13(7-6-12(23)3)22-17-14-8-9-20-18(14)21-10-15(17)19(25)26-5-2;1-4-15(23)22-10-12(6-5-11(22)2)21-16-13-7-8-19-17(13)20-9-14(16)18(24)25-3;1-3-14(22)21-8-4-5-11(10-21)20-15-12-6-7-18-16(12)19-9-13(15)17(23)24-2/h5,8-10,12-14H,1,6-7,11H2,2-4H3,(H2,21,22,23);4,8-10,12-13H,1,5-7,11H2,2-3H3,(H2,20,21,22);4,7-9,11-12H,1,5-6,10H2,2-3H3,(H2,19,20,21);3,6-7,9,11H,1,4-5,8,10H2,2H3,(H2,18,19,20)/t13-,14+;12-,13+;11-,12+;11-/m0001/s1. The summed E-state index contributed by atoms with van der Waals surface area (Å²) in [4.78, 5) is 134. The molecule has 12 rings (SSSR count). The molecule has 0 saturated carbocycles. The molecule has 8 N–H and O–H groups in total. The topological polar surface area (TPSA) is 349 Å². The molecule has 8 aromatic rings. The number of aromatic nitrogens is 8. The number of aromatic amines is 4. The second kappa shape index (κ2) is 34.6. The zero-order valence-electron chi connectivity index (χ0n) is 59.1. The molecule has 4 fully saturated rings. The highest BCUT2D eigenvalue weighted by atomic mass is 16.5. The van der Waals surface area contributed by atoms with Crippen molar-refractivity contribution in [3.8, 4) is 0 Å². The number of pyridine rings is 4. The molecule has 7 atom stereocenters. The van der Waals surface area contributed by atoms with Crippen LogP contribution >= 0.6 is 0 Å². The number of esters is 4. The maximum absolute atomic E-state index is 12.6. The number of hydrogen-bond acceptors (Lipinski definition) is 20. The fourth-order valence-corrected chi connectivity index (χ4v) is 13.2. The lowest BCUT2D eigenvalue weighted by molar-refractivity contribution is -0.130. The molecule has 8 aromatic heterocycles. The summed E-state index contributed by atoms with van der Waals surface area (Å²) >= 11 is 0. The summed E-state index contributed by atoms with van der Waals surface area (Å²) in [6, 6.07) is 8.16. The van der Waals surface area contributed by atoms with Crippen molar-refractivity contribution in [1.82, 2.24) is 59.5 Å². The molecule has 4 aliphatic rings. The number of fused-ring (bicyclic) bond motifs is 4. The van der Waals surface area contributed by atoms with Gasteiger partial charge in [0.25, 0.3) is 0 Å². The van der Waals surface area contributed by atoms with Crippen LogP contribution in [-0.2, 0) is 38.1 Å². The van der Waals surface area contributed by atoms with Crippen molar-refractivity contribution in [3.63, 3.8) is 0 Å². The molecule has 12 heterocycles. The molecular formula is C74H92N16O12. The Kier molecular flexibility index (Phi) is 25.4. The minimum atomic E-state index is -0.443. The number of anilines is 4. The number of nitrogens with zero attached hydrogens (tertiary/aromatic N) is 8. The number of rotatable bonds is 18. The highest BCUT2D eigenvalue weighted by molar-refractivity contribution is 6.07. The molecule has 4 aliphatic heterocycles. The van der Waals surface area contributed by atoms with Crippen molar-refractivity contribution in [2.45, 2.75) is 141 Å². The van der Waals surface area contributed by atoms with E-state index in [4.69, 9.17) is 18.9 Å². The second-order valence-corrected chi connectivity index (χ2v) is 25.7. The average Bonchev–Trinajstić information content (AvgIpc) is 1.49. The van der Waals surface area contributed by atoms with Gasteiger partial charge in [-0.1, -0.05) is 26.3 Å². The van der Waals surface area contributed by atoms with Crippen molar-refractivity contribution in [2.24, 2.45) is 0 Å². The van der Waals surface area contributed by atoms with E-state index in [2.05, 4.69) is 87.5 Å². The molecule has 0 bridgehead atoms. The van der Waals surface area contributed by atoms with Crippen LogP contribution in [0.2, 0.25) is 0 Å². The quantitative estimate of drug-likeness (QED) is 0.0225. The molecule has 4 amide bonds. The smallest absolute Gasteiger partial charge is 0.342 e. The summed E-state index contributed by atoms with van der Waals surface area (Å²) in [5, 5.41) is 17.1. The molecule has 0 aromatic carbocycles. The summed E-state index contributed by atoms with van der Waals surface area (Å²) in [7, 11) is 2.69. The number of H-pyrrole nitrogens is 4. The second-order valence-electron chi connectivity index (χ2n) is 25.7. The lowest BCUT2D eigenvalue weighted by atomic mass is 9.98. The minimum Gasteiger partial charge on any atom is -0.465 e. The van der Waals surface area contributed by atoms with Gasteiger partial charge in [0.15, 0.2) is 0 Å². The Bertz CT molecular complexity index is 4380. The molecule has 4 saturated heterocycles. The van der Waals surface area contributed by atoms with Gasteiger partial charge in [0.1, 0.15) is 44.8 Å². The summed E-state index contributed by atoms with van der Waals surface area (Å²) in [5.41, 5.74) is 7.11. The van der Waals surface area contributed by atoms with Crippen LogP contribution in [0.4, 0.5) is 22.7 Å². The number of carbonyl (C=O) groups is 8. The Balaban J connectivity index is 0.000000158. The molecule has 0 aliphatic carbocycles. The van der Waals surface area contributed by atoms with Crippen molar-refractivity contribution in [3.05, 3.63) is 147 Å². The zero-order valence-corrected chi connectivity index (χ0v) is 59.1. The zero-order chi connectivity index (χ0) is 73.3. The third-order valence-corrected chi connectivity index (χ3v) is 18.5.